The molecule has 2 heteroatoms. The highest BCUT2D eigenvalue weighted by Gasteiger charge is 2.25. The van der Waals surface area contributed by atoms with Crippen molar-refractivity contribution in [3.05, 3.63) is 0 Å². The van der Waals surface area contributed by atoms with Crippen LogP contribution < -0.4 is 0 Å². The minimum atomic E-state index is 0.327. The minimum Gasteiger partial charge on any atom is -0.369 e. The van der Waals surface area contributed by atoms with E-state index in [2.05, 4.69) is 12.8 Å². The summed E-state index contributed by atoms with van der Waals surface area (Å²) in [6.07, 6.45) is 8.62. The molecule has 74 valence electrons. The molecule has 0 amide bonds. The van der Waals surface area contributed by atoms with Crippen LogP contribution >= 0.6 is 11.6 Å². The van der Waals surface area contributed by atoms with Gasteiger partial charge in [0.05, 0.1) is 6.61 Å². The van der Waals surface area contributed by atoms with E-state index in [1.807, 2.05) is 0 Å². The Morgan fingerprint density at radius 3 is 2.92 bits per heavy atom. The number of alkyl halides is 1. The fraction of sp³-hybridized carbons (Fsp3) is 0.818. The first-order valence-corrected chi connectivity index (χ1v) is 5.33. The van der Waals surface area contributed by atoms with Crippen LogP contribution in [0.25, 0.3) is 0 Å². The summed E-state index contributed by atoms with van der Waals surface area (Å²) in [7, 11) is 0. The van der Waals surface area contributed by atoms with Gasteiger partial charge in [0, 0.05) is 5.38 Å². The molecule has 0 aliphatic heterocycles. The number of halogens is 1. The van der Waals surface area contributed by atoms with Gasteiger partial charge in [0.15, 0.2) is 0 Å². The highest BCUT2D eigenvalue weighted by Crippen LogP contribution is 2.32. The SMILES string of the molecule is C#CCOCC1CCC(C)C(Cl)C1. The lowest BCUT2D eigenvalue weighted by Gasteiger charge is -2.30. The lowest BCUT2D eigenvalue weighted by atomic mass is 9.83. The van der Waals surface area contributed by atoms with Gasteiger partial charge in [-0.25, -0.2) is 0 Å². The van der Waals surface area contributed by atoms with Crippen molar-refractivity contribution in [2.24, 2.45) is 11.8 Å². The van der Waals surface area contributed by atoms with E-state index in [1.165, 1.54) is 12.8 Å². The molecule has 1 rings (SSSR count). The molecule has 0 aromatic heterocycles. The molecule has 1 aliphatic carbocycles. The Hall–Kier alpha value is -0.190. The molecule has 1 saturated carbocycles. The van der Waals surface area contributed by atoms with Crippen molar-refractivity contribution >= 4 is 11.6 Å². The summed E-state index contributed by atoms with van der Waals surface area (Å²) in [5.41, 5.74) is 0. The predicted octanol–water partition coefficient (Wildman–Crippen LogP) is 2.68. The standard InChI is InChI=1S/C11H17ClO/c1-3-6-13-8-10-5-4-9(2)11(12)7-10/h1,9-11H,4-8H2,2H3. The molecule has 0 spiro atoms. The number of hydrogen-bond acceptors (Lipinski definition) is 1. The van der Waals surface area contributed by atoms with Crippen LogP contribution in [0.2, 0.25) is 0 Å². The van der Waals surface area contributed by atoms with Crippen molar-refractivity contribution in [3.63, 3.8) is 0 Å². The third-order valence-electron chi connectivity index (χ3n) is 2.75. The van der Waals surface area contributed by atoms with Crippen LogP contribution in [0.15, 0.2) is 0 Å². The average Bonchev–Trinajstić information content (AvgIpc) is 2.12. The van der Waals surface area contributed by atoms with E-state index >= 15 is 0 Å². The third-order valence-corrected chi connectivity index (χ3v) is 3.35. The summed E-state index contributed by atoms with van der Waals surface area (Å²) in [6, 6.07) is 0. The molecule has 0 aromatic rings. The fourth-order valence-electron chi connectivity index (χ4n) is 1.78. The van der Waals surface area contributed by atoms with Crippen LogP contribution in [0.4, 0.5) is 0 Å². The molecule has 1 aliphatic rings. The zero-order valence-corrected chi connectivity index (χ0v) is 8.89. The Kier molecular flexibility index (Phi) is 4.62. The molecule has 0 radical (unpaired) electrons. The van der Waals surface area contributed by atoms with Crippen LogP contribution in [0.1, 0.15) is 26.2 Å². The van der Waals surface area contributed by atoms with Gasteiger partial charge in [0.25, 0.3) is 0 Å². The van der Waals surface area contributed by atoms with Gasteiger partial charge in [0.2, 0.25) is 0 Å². The highest BCUT2D eigenvalue weighted by molar-refractivity contribution is 6.20. The van der Waals surface area contributed by atoms with Gasteiger partial charge < -0.3 is 4.74 Å². The summed E-state index contributed by atoms with van der Waals surface area (Å²) < 4.78 is 5.31. The molecule has 0 aromatic carbocycles. The topological polar surface area (TPSA) is 9.23 Å². The Bertz CT molecular complexity index is 185. The molecule has 3 unspecified atom stereocenters. The van der Waals surface area contributed by atoms with Gasteiger partial charge in [0.1, 0.15) is 6.61 Å². The normalized spacial score (nSPS) is 34.1. The summed E-state index contributed by atoms with van der Waals surface area (Å²) in [4.78, 5) is 0. The summed E-state index contributed by atoms with van der Waals surface area (Å²) in [5, 5.41) is 0.327. The molecular formula is C11H17ClO. The molecule has 0 heterocycles. The molecule has 3 atom stereocenters. The summed E-state index contributed by atoms with van der Waals surface area (Å²) >= 11 is 6.18. The number of hydrogen-bond donors (Lipinski definition) is 0. The first-order valence-electron chi connectivity index (χ1n) is 4.89. The quantitative estimate of drug-likeness (QED) is 0.387. The van der Waals surface area contributed by atoms with Crippen molar-refractivity contribution in [1.82, 2.24) is 0 Å². The van der Waals surface area contributed by atoms with Gasteiger partial charge in [-0.15, -0.1) is 18.0 Å². The van der Waals surface area contributed by atoms with E-state index in [0.717, 1.165) is 13.0 Å². The molecule has 1 nitrogen and oxygen atoms in total. The maximum Gasteiger partial charge on any atom is 0.107 e. The number of rotatable bonds is 3. The van der Waals surface area contributed by atoms with Gasteiger partial charge in [-0.3, -0.25) is 0 Å². The second-order valence-corrected chi connectivity index (χ2v) is 4.45. The number of terminal acetylenes is 1. The van der Waals surface area contributed by atoms with Crippen molar-refractivity contribution in [3.8, 4) is 12.3 Å². The Labute approximate surface area is 85.8 Å². The molecular weight excluding hydrogens is 184 g/mol. The molecule has 0 saturated heterocycles. The van der Waals surface area contributed by atoms with Crippen LogP contribution in [-0.2, 0) is 4.74 Å². The zero-order valence-electron chi connectivity index (χ0n) is 8.13. The van der Waals surface area contributed by atoms with E-state index < -0.39 is 0 Å². The predicted molar refractivity (Wildman–Crippen MR) is 55.8 cm³/mol. The van der Waals surface area contributed by atoms with E-state index in [0.29, 0.717) is 23.8 Å². The van der Waals surface area contributed by atoms with Crippen molar-refractivity contribution in [2.75, 3.05) is 13.2 Å². The molecule has 13 heavy (non-hydrogen) atoms. The maximum atomic E-state index is 6.18. The lowest BCUT2D eigenvalue weighted by Crippen LogP contribution is -2.26. The molecule has 0 N–H and O–H groups in total. The Morgan fingerprint density at radius 2 is 2.31 bits per heavy atom. The van der Waals surface area contributed by atoms with Gasteiger partial charge in [-0.05, 0) is 31.1 Å². The van der Waals surface area contributed by atoms with Gasteiger partial charge in [-0.1, -0.05) is 12.8 Å². The van der Waals surface area contributed by atoms with E-state index in [1.54, 1.807) is 0 Å². The first-order chi connectivity index (χ1) is 6.24. The van der Waals surface area contributed by atoms with Crippen LogP contribution in [0.3, 0.4) is 0 Å². The minimum absolute atomic E-state index is 0.327. The van der Waals surface area contributed by atoms with Crippen molar-refractivity contribution in [2.45, 2.75) is 31.6 Å². The summed E-state index contributed by atoms with van der Waals surface area (Å²) in [6.45, 7) is 3.43. The van der Waals surface area contributed by atoms with E-state index in [9.17, 15) is 0 Å². The Balaban J connectivity index is 2.18. The van der Waals surface area contributed by atoms with E-state index in [-0.39, 0.29) is 0 Å². The second kappa shape index (κ2) is 5.52. The Morgan fingerprint density at radius 1 is 1.54 bits per heavy atom. The zero-order chi connectivity index (χ0) is 9.68. The number of ether oxygens (including phenoxy) is 1. The highest BCUT2D eigenvalue weighted by atomic mass is 35.5. The molecule has 1 fully saturated rings. The fourth-order valence-corrected chi connectivity index (χ4v) is 2.16. The lowest BCUT2D eigenvalue weighted by molar-refractivity contribution is 0.102. The average molecular weight is 201 g/mol. The second-order valence-electron chi connectivity index (χ2n) is 3.89. The monoisotopic (exact) mass is 200 g/mol. The van der Waals surface area contributed by atoms with Crippen molar-refractivity contribution < 1.29 is 4.74 Å². The largest absolute Gasteiger partial charge is 0.369 e. The third kappa shape index (κ3) is 3.58. The smallest absolute Gasteiger partial charge is 0.107 e. The van der Waals surface area contributed by atoms with Crippen LogP contribution in [0.5, 0.6) is 0 Å². The first kappa shape index (κ1) is 10.9. The van der Waals surface area contributed by atoms with E-state index in [4.69, 9.17) is 22.8 Å². The summed E-state index contributed by atoms with van der Waals surface area (Å²) in [5.74, 6) is 3.75. The van der Waals surface area contributed by atoms with Crippen LogP contribution in [-0.4, -0.2) is 18.6 Å². The van der Waals surface area contributed by atoms with Gasteiger partial charge >= 0.3 is 0 Å². The van der Waals surface area contributed by atoms with Crippen molar-refractivity contribution in [1.29, 1.82) is 0 Å². The van der Waals surface area contributed by atoms with Crippen LogP contribution in [0, 0.1) is 24.2 Å². The van der Waals surface area contributed by atoms with Gasteiger partial charge in [-0.2, -0.15) is 0 Å². The molecule has 0 bridgehead atoms. The maximum absolute atomic E-state index is 6.18.